The number of aromatic nitrogens is 1. The average Bonchev–Trinajstić information content (AvgIpc) is 3.00. The van der Waals surface area contributed by atoms with Crippen LogP contribution in [0.1, 0.15) is 0 Å². The summed E-state index contributed by atoms with van der Waals surface area (Å²) in [4.78, 5) is 3.40. The van der Waals surface area contributed by atoms with Crippen molar-refractivity contribution in [1.82, 2.24) is 4.98 Å². The van der Waals surface area contributed by atoms with Crippen LogP contribution in [0.25, 0.3) is 22.2 Å². The molecule has 0 saturated heterocycles. The predicted octanol–water partition coefficient (Wildman–Crippen LogP) is 4.48. The van der Waals surface area contributed by atoms with Crippen LogP contribution in [0.3, 0.4) is 0 Å². The molecule has 16 heavy (non-hydrogen) atoms. The molecule has 0 amide bonds. The van der Waals surface area contributed by atoms with Gasteiger partial charge in [-0.2, -0.15) is 11.3 Å². The first kappa shape index (κ1) is 10.9. The molecular weight excluding hydrogens is 221 g/mol. The molecule has 3 heteroatoms. The Bertz CT molecular complexity index is 521. The van der Waals surface area contributed by atoms with Gasteiger partial charge in [0.1, 0.15) is 0 Å². The molecular formula is C13H12FNS. The Morgan fingerprint density at radius 2 is 1.94 bits per heavy atom. The summed E-state index contributed by atoms with van der Waals surface area (Å²) in [7, 11) is 0.500. The van der Waals surface area contributed by atoms with E-state index in [0.29, 0.717) is 7.18 Å². The largest absolute Gasteiger partial charge is 0.355 e. The van der Waals surface area contributed by atoms with Gasteiger partial charge in [-0.05, 0) is 23.6 Å². The lowest BCUT2D eigenvalue weighted by Crippen LogP contribution is -1.69. The maximum atomic E-state index is 9.50. The fraction of sp³-hybridized carbons (Fsp3) is 0.0769. The second kappa shape index (κ2) is 4.94. The highest BCUT2D eigenvalue weighted by Crippen LogP contribution is 2.25. The maximum Gasteiger partial charge on any atom is 0.0785 e. The van der Waals surface area contributed by atoms with Gasteiger partial charge in [0.25, 0.3) is 0 Å². The van der Waals surface area contributed by atoms with E-state index in [-0.39, 0.29) is 0 Å². The minimum absolute atomic E-state index is 0.500. The minimum Gasteiger partial charge on any atom is -0.355 e. The van der Waals surface area contributed by atoms with Gasteiger partial charge in [0, 0.05) is 27.5 Å². The number of halogens is 1. The second-order valence-electron chi connectivity index (χ2n) is 3.28. The summed E-state index contributed by atoms with van der Waals surface area (Å²) in [6.07, 6.45) is 0. The molecule has 2 heterocycles. The number of rotatable bonds is 1. The van der Waals surface area contributed by atoms with Gasteiger partial charge >= 0.3 is 0 Å². The van der Waals surface area contributed by atoms with Gasteiger partial charge in [-0.25, -0.2) is 0 Å². The van der Waals surface area contributed by atoms with Gasteiger partial charge in [-0.15, -0.1) is 0 Å². The van der Waals surface area contributed by atoms with Crippen molar-refractivity contribution < 1.29 is 4.39 Å². The van der Waals surface area contributed by atoms with Crippen LogP contribution < -0.4 is 0 Å². The molecule has 0 atom stereocenters. The van der Waals surface area contributed by atoms with Crippen LogP contribution >= 0.6 is 11.3 Å². The van der Waals surface area contributed by atoms with Crippen molar-refractivity contribution >= 4 is 22.2 Å². The van der Waals surface area contributed by atoms with E-state index in [1.165, 1.54) is 22.2 Å². The third-order valence-corrected chi connectivity index (χ3v) is 3.05. The van der Waals surface area contributed by atoms with Crippen LogP contribution in [0.2, 0.25) is 0 Å². The third-order valence-electron chi connectivity index (χ3n) is 2.36. The van der Waals surface area contributed by atoms with E-state index in [2.05, 4.69) is 52.1 Å². The third kappa shape index (κ3) is 1.99. The molecule has 0 aliphatic rings. The van der Waals surface area contributed by atoms with E-state index in [9.17, 15) is 4.39 Å². The van der Waals surface area contributed by atoms with Gasteiger partial charge < -0.3 is 4.98 Å². The van der Waals surface area contributed by atoms with Crippen LogP contribution in [-0.4, -0.2) is 12.2 Å². The van der Waals surface area contributed by atoms with Crippen LogP contribution in [-0.2, 0) is 0 Å². The number of thiophene rings is 1. The Morgan fingerprint density at radius 1 is 1.12 bits per heavy atom. The lowest BCUT2D eigenvalue weighted by molar-refractivity contribution is 0.636. The number of hydrogen-bond donors (Lipinski definition) is 1. The standard InChI is InChI=1S/C12H9NS.CH3F/c1-2-4-11-9(3-1)7-12(13-11)10-5-6-14-8-10;1-2/h1-8,13H;1H3. The fourth-order valence-corrected chi connectivity index (χ4v) is 2.30. The number of H-pyrrole nitrogens is 1. The Labute approximate surface area is 97.6 Å². The quantitative estimate of drug-likeness (QED) is 0.637. The Kier molecular flexibility index (Phi) is 3.37. The summed E-state index contributed by atoms with van der Waals surface area (Å²) in [6, 6.07) is 12.7. The van der Waals surface area contributed by atoms with Crippen molar-refractivity contribution in [3.05, 3.63) is 47.2 Å². The number of aromatic amines is 1. The topological polar surface area (TPSA) is 15.8 Å². The summed E-state index contributed by atoms with van der Waals surface area (Å²) in [5.41, 5.74) is 3.67. The molecule has 0 aliphatic carbocycles. The monoisotopic (exact) mass is 233 g/mol. The smallest absolute Gasteiger partial charge is 0.0785 e. The number of benzene rings is 1. The lowest BCUT2D eigenvalue weighted by atomic mass is 10.2. The first-order chi connectivity index (χ1) is 7.93. The van der Waals surface area contributed by atoms with Crippen molar-refractivity contribution in [1.29, 1.82) is 0 Å². The number of nitrogens with one attached hydrogen (secondary N) is 1. The zero-order valence-electron chi connectivity index (χ0n) is 8.91. The molecule has 1 aromatic carbocycles. The van der Waals surface area contributed by atoms with Crippen molar-refractivity contribution in [3.63, 3.8) is 0 Å². The first-order valence-electron chi connectivity index (χ1n) is 4.91. The Balaban J connectivity index is 0.000000457. The lowest BCUT2D eigenvalue weighted by Gasteiger charge is -1.88. The SMILES string of the molecule is CF.c1ccc2[nH]c(-c3ccsc3)cc2c1. The van der Waals surface area contributed by atoms with Crippen LogP contribution in [0.5, 0.6) is 0 Å². The Morgan fingerprint density at radius 3 is 2.62 bits per heavy atom. The summed E-state index contributed by atoms with van der Waals surface area (Å²) < 4.78 is 9.50. The molecule has 0 spiro atoms. The molecule has 82 valence electrons. The highest BCUT2D eigenvalue weighted by atomic mass is 32.1. The zero-order valence-corrected chi connectivity index (χ0v) is 9.72. The van der Waals surface area contributed by atoms with Crippen LogP contribution in [0, 0.1) is 0 Å². The maximum absolute atomic E-state index is 9.50. The summed E-state index contributed by atoms with van der Waals surface area (Å²) in [6.45, 7) is 0. The average molecular weight is 233 g/mol. The van der Waals surface area contributed by atoms with Crippen molar-refractivity contribution in [2.75, 3.05) is 7.18 Å². The predicted molar refractivity (Wildman–Crippen MR) is 68.6 cm³/mol. The molecule has 3 rings (SSSR count). The number of fused-ring (bicyclic) bond motifs is 1. The highest BCUT2D eigenvalue weighted by Gasteiger charge is 2.01. The molecule has 2 aromatic heterocycles. The first-order valence-corrected chi connectivity index (χ1v) is 5.86. The van der Waals surface area contributed by atoms with Crippen molar-refractivity contribution in [2.24, 2.45) is 0 Å². The number of alkyl halides is 1. The Hall–Kier alpha value is -1.61. The molecule has 0 saturated carbocycles. The fourth-order valence-electron chi connectivity index (χ4n) is 1.65. The molecule has 3 aromatic rings. The summed E-state index contributed by atoms with van der Waals surface area (Å²) in [5.74, 6) is 0. The number of hydrogen-bond acceptors (Lipinski definition) is 1. The van der Waals surface area contributed by atoms with E-state index < -0.39 is 0 Å². The van der Waals surface area contributed by atoms with Gasteiger partial charge in [-0.3, -0.25) is 4.39 Å². The molecule has 0 radical (unpaired) electrons. The van der Waals surface area contributed by atoms with Crippen LogP contribution in [0.15, 0.2) is 47.2 Å². The van der Waals surface area contributed by atoms with E-state index in [1.807, 2.05) is 0 Å². The summed E-state index contributed by atoms with van der Waals surface area (Å²) >= 11 is 1.72. The van der Waals surface area contributed by atoms with E-state index in [4.69, 9.17) is 0 Å². The molecule has 0 unspecified atom stereocenters. The minimum atomic E-state index is 0.500. The van der Waals surface area contributed by atoms with Gasteiger partial charge in [0.05, 0.1) is 7.18 Å². The van der Waals surface area contributed by atoms with Crippen LogP contribution in [0.4, 0.5) is 4.39 Å². The molecule has 0 aliphatic heterocycles. The normalized spacial score (nSPS) is 9.88. The molecule has 0 bridgehead atoms. The van der Waals surface area contributed by atoms with E-state index in [0.717, 1.165) is 0 Å². The zero-order chi connectivity index (χ0) is 11.4. The van der Waals surface area contributed by atoms with E-state index in [1.54, 1.807) is 11.3 Å². The van der Waals surface area contributed by atoms with E-state index >= 15 is 0 Å². The van der Waals surface area contributed by atoms with Gasteiger partial charge in [-0.1, -0.05) is 18.2 Å². The summed E-state index contributed by atoms with van der Waals surface area (Å²) in [5, 5.41) is 5.53. The highest BCUT2D eigenvalue weighted by molar-refractivity contribution is 7.08. The van der Waals surface area contributed by atoms with Gasteiger partial charge in [0.2, 0.25) is 0 Å². The molecule has 1 nitrogen and oxygen atoms in total. The molecule has 1 N–H and O–H groups in total. The van der Waals surface area contributed by atoms with Crippen molar-refractivity contribution in [3.8, 4) is 11.3 Å². The van der Waals surface area contributed by atoms with Gasteiger partial charge in [0.15, 0.2) is 0 Å². The number of para-hydroxylation sites is 1. The molecule has 0 fully saturated rings. The van der Waals surface area contributed by atoms with Crippen molar-refractivity contribution in [2.45, 2.75) is 0 Å². The second-order valence-corrected chi connectivity index (χ2v) is 4.06.